The number of halogens is 1. The zero-order chi connectivity index (χ0) is 13.8. The predicted octanol–water partition coefficient (Wildman–Crippen LogP) is 4.31. The van der Waals surface area contributed by atoms with Crippen molar-refractivity contribution in [2.24, 2.45) is 0 Å². The van der Waals surface area contributed by atoms with Crippen molar-refractivity contribution in [1.82, 2.24) is 4.57 Å². The molecular weight excluding hydrogens is 306 g/mol. The fourth-order valence-electron chi connectivity index (χ4n) is 2.18. The molecule has 19 heavy (non-hydrogen) atoms. The lowest BCUT2D eigenvalue weighted by atomic mass is 10.2. The van der Waals surface area contributed by atoms with Crippen molar-refractivity contribution in [2.45, 2.75) is 32.7 Å². The van der Waals surface area contributed by atoms with Gasteiger partial charge in [0.1, 0.15) is 6.04 Å². The van der Waals surface area contributed by atoms with Gasteiger partial charge in [-0.2, -0.15) is 0 Å². The summed E-state index contributed by atoms with van der Waals surface area (Å²) in [7, 11) is 0. The molecule has 2 aromatic rings. The van der Waals surface area contributed by atoms with Crippen LogP contribution >= 0.6 is 15.9 Å². The molecule has 0 bridgehead atoms. The lowest BCUT2D eigenvalue weighted by molar-refractivity contribution is -0.147. The van der Waals surface area contributed by atoms with Gasteiger partial charge in [-0.3, -0.25) is 0 Å². The number of hydrogen-bond donors (Lipinski definition) is 0. The maximum atomic E-state index is 12.1. The number of hydrogen-bond acceptors (Lipinski definition) is 2. The third-order valence-corrected chi connectivity index (χ3v) is 3.62. The van der Waals surface area contributed by atoms with Crippen LogP contribution in [0.15, 0.2) is 34.9 Å². The topological polar surface area (TPSA) is 31.2 Å². The highest BCUT2D eigenvalue weighted by molar-refractivity contribution is 9.10. The summed E-state index contributed by atoms with van der Waals surface area (Å²) in [5.41, 5.74) is 1.06. The first kappa shape index (κ1) is 14.1. The SMILES string of the molecule is CCCOC(=O)C(CC)n1ccc2cc(Br)ccc21. The smallest absolute Gasteiger partial charge is 0.329 e. The molecule has 1 heterocycles. The van der Waals surface area contributed by atoms with E-state index in [-0.39, 0.29) is 12.0 Å². The number of carbonyl (C=O) groups is 1. The number of nitrogens with zero attached hydrogens (tertiary/aromatic N) is 1. The van der Waals surface area contributed by atoms with Gasteiger partial charge in [0.05, 0.1) is 6.61 Å². The summed E-state index contributed by atoms with van der Waals surface area (Å²) in [6.07, 6.45) is 3.53. The molecular formula is C15H18BrNO2. The molecule has 0 saturated heterocycles. The van der Waals surface area contributed by atoms with Gasteiger partial charge in [0.25, 0.3) is 0 Å². The van der Waals surface area contributed by atoms with Gasteiger partial charge in [-0.25, -0.2) is 4.79 Å². The molecule has 1 aromatic carbocycles. The number of aromatic nitrogens is 1. The summed E-state index contributed by atoms with van der Waals surface area (Å²) in [6.45, 7) is 4.49. The molecule has 1 aromatic heterocycles. The van der Waals surface area contributed by atoms with E-state index in [1.807, 2.05) is 42.8 Å². The molecule has 0 spiro atoms. The fraction of sp³-hybridized carbons (Fsp3) is 0.400. The first-order valence-electron chi connectivity index (χ1n) is 6.60. The lowest BCUT2D eigenvalue weighted by Crippen LogP contribution is -2.21. The number of fused-ring (bicyclic) bond motifs is 1. The van der Waals surface area contributed by atoms with Crippen LogP contribution in [0.25, 0.3) is 10.9 Å². The summed E-state index contributed by atoms with van der Waals surface area (Å²) in [5.74, 6) is -0.148. The molecule has 0 radical (unpaired) electrons. The van der Waals surface area contributed by atoms with Gasteiger partial charge < -0.3 is 9.30 Å². The molecule has 102 valence electrons. The molecule has 2 rings (SSSR count). The van der Waals surface area contributed by atoms with Gasteiger partial charge in [-0.1, -0.05) is 29.8 Å². The second-order valence-corrected chi connectivity index (χ2v) is 5.43. The molecule has 0 aliphatic rings. The minimum Gasteiger partial charge on any atom is -0.464 e. The van der Waals surface area contributed by atoms with Crippen LogP contribution in [0.1, 0.15) is 32.7 Å². The van der Waals surface area contributed by atoms with E-state index in [9.17, 15) is 4.79 Å². The van der Waals surface area contributed by atoms with Gasteiger partial charge in [-0.05, 0) is 37.1 Å². The highest BCUT2D eigenvalue weighted by Crippen LogP contribution is 2.25. The molecule has 0 amide bonds. The van der Waals surface area contributed by atoms with E-state index in [0.717, 1.165) is 28.2 Å². The molecule has 0 fully saturated rings. The van der Waals surface area contributed by atoms with Crippen LogP contribution in [-0.2, 0) is 9.53 Å². The highest BCUT2D eigenvalue weighted by Gasteiger charge is 2.20. The average molecular weight is 324 g/mol. The van der Waals surface area contributed by atoms with Crippen molar-refractivity contribution in [3.63, 3.8) is 0 Å². The van der Waals surface area contributed by atoms with Gasteiger partial charge >= 0.3 is 5.97 Å². The molecule has 1 atom stereocenters. The molecule has 0 aliphatic carbocycles. The van der Waals surface area contributed by atoms with Crippen LogP contribution in [0.4, 0.5) is 0 Å². The second kappa shape index (κ2) is 6.24. The first-order valence-corrected chi connectivity index (χ1v) is 7.39. The van der Waals surface area contributed by atoms with Crippen molar-refractivity contribution >= 4 is 32.8 Å². The number of carbonyl (C=O) groups excluding carboxylic acids is 1. The van der Waals surface area contributed by atoms with Crippen LogP contribution in [-0.4, -0.2) is 17.1 Å². The third kappa shape index (κ3) is 3.00. The fourth-order valence-corrected chi connectivity index (χ4v) is 2.56. The van der Waals surface area contributed by atoms with Crippen LogP contribution in [0.5, 0.6) is 0 Å². The van der Waals surface area contributed by atoms with E-state index >= 15 is 0 Å². The Hall–Kier alpha value is -1.29. The van der Waals surface area contributed by atoms with Crippen molar-refractivity contribution < 1.29 is 9.53 Å². The van der Waals surface area contributed by atoms with Crippen LogP contribution < -0.4 is 0 Å². The van der Waals surface area contributed by atoms with Crippen molar-refractivity contribution in [3.8, 4) is 0 Å². The quantitative estimate of drug-likeness (QED) is 0.768. The molecule has 0 N–H and O–H groups in total. The summed E-state index contributed by atoms with van der Waals surface area (Å²) < 4.78 is 8.31. The number of benzene rings is 1. The largest absolute Gasteiger partial charge is 0.464 e. The third-order valence-electron chi connectivity index (χ3n) is 3.13. The molecule has 0 aliphatic heterocycles. The Morgan fingerprint density at radius 1 is 1.37 bits per heavy atom. The van der Waals surface area contributed by atoms with E-state index in [2.05, 4.69) is 22.0 Å². The summed E-state index contributed by atoms with van der Waals surface area (Å²) >= 11 is 3.46. The Morgan fingerprint density at radius 3 is 2.84 bits per heavy atom. The van der Waals surface area contributed by atoms with Crippen LogP contribution in [0.2, 0.25) is 0 Å². The van der Waals surface area contributed by atoms with Gasteiger partial charge in [0, 0.05) is 21.6 Å². The molecule has 3 nitrogen and oxygen atoms in total. The summed E-state index contributed by atoms with van der Waals surface area (Å²) in [5, 5.41) is 1.12. The Bertz CT molecular complexity index is 577. The average Bonchev–Trinajstić information content (AvgIpc) is 2.80. The van der Waals surface area contributed by atoms with E-state index in [0.29, 0.717) is 6.61 Å². The monoisotopic (exact) mass is 323 g/mol. The first-order chi connectivity index (χ1) is 9.17. The standard InChI is InChI=1S/C15H18BrNO2/c1-3-9-19-15(18)13(4-2)17-8-7-11-10-12(16)5-6-14(11)17/h5-8,10,13H,3-4,9H2,1-2H3. The maximum absolute atomic E-state index is 12.1. The molecule has 0 saturated carbocycles. The molecule has 1 unspecified atom stereocenters. The summed E-state index contributed by atoms with van der Waals surface area (Å²) in [4.78, 5) is 12.1. The maximum Gasteiger partial charge on any atom is 0.329 e. The van der Waals surface area contributed by atoms with E-state index in [4.69, 9.17) is 4.74 Å². The van der Waals surface area contributed by atoms with Gasteiger partial charge in [0.2, 0.25) is 0 Å². The van der Waals surface area contributed by atoms with E-state index in [1.165, 1.54) is 0 Å². The van der Waals surface area contributed by atoms with Crippen molar-refractivity contribution in [3.05, 3.63) is 34.9 Å². The Balaban J connectivity index is 2.33. The lowest BCUT2D eigenvalue weighted by Gasteiger charge is -2.17. The van der Waals surface area contributed by atoms with E-state index in [1.54, 1.807) is 0 Å². The number of esters is 1. The molecule has 4 heteroatoms. The normalized spacial score (nSPS) is 12.6. The zero-order valence-corrected chi connectivity index (χ0v) is 12.8. The van der Waals surface area contributed by atoms with Crippen molar-refractivity contribution in [1.29, 1.82) is 0 Å². The Kier molecular flexibility index (Phi) is 4.64. The second-order valence-electron chi connectivity index (χ2n) is 4.52. The summed E-state index contributed by atoms with van der Waals surface area (Å²) in [6, 6.07) is 7.84. The minimum atomic E-state index is -0.245. The Morgan fingerprint density at radius 2 is 2.16 bits per heavy atom. The van der Waals surface area contributed by atoms with E-state index < -0.39 is 0 Å². The van der Waals surface area contributed by atoms with Crippen molar-refractivity contribution in [2.75, 3.05) is 6.61 Å². The van der Waals surface area contributed by atoms with Crippen LogP contribution in [0.3, 0.4) is 0 Å². The number of ether oxygens (including phenoxy) is 1. The van der Waals surface area contributed by atoms with Gasteiger partial charge in [0.15, 0.2) is 0 Å². The number of rotatable bonds is 5. The zero-order valence-electron chi connectivity index (χ0n) is 11.2. The van der Waals surface area contributed by atoms with Gasteiger partial charge in [-0.15, -0.1) is 0 Å². The van der Waals surface area contributed by atoms with Crippen LogP contribution in [0, 0.1) is 0 Å². The Labute approximate surface area is 121 Å². The predicted molar refractivity (Wildman–Crippen MR) is 80.2 cm³/mol. The minimum absolute atomic E-state index is 0.148. The highest BCUT2D eigenvalue weighted by atomic mass is 79.9.